The second-order valence-electron chi connectivity index (χ2n) is 10.5. The molecule has 2 saturated carbocycles. The molecule has 186 valence electrons. The summed E-state index contributed by atoms with van der Waals surface area (Å²) in [5.74, 6) is 0.726. The molecule has 2 aliphatic carbocycles. The van der Waals surface area contributed by atoms with Crippen LogP contribution in [0.5, 0.6) is 0 Å². The van der Waals surface area contributed by atoms with Crippen LogP contribution in [0.1, 0.15) is 97.8 Å². The maximum atomic E-state index is 13.5. The number of nitrogens with one attached hydrogen (secondary N) is 1. The molecule has 3 aliphatic rings. The maximum Gasteiger partial charge on any atom is 0.324 e. The summed E-state index contributed by atoms with van der Waals surface area (Å²) < 4.78 is 28.5. The third-order valence-corrected chi connectivity index (χ3v) is 11.4. The van der Waals surface area contributed by atoms with E-state index in [4.69, 9.17) is 0 Å². The van der Waals surface area contributed by atoms with E-state index in [1.807, 2.05) is 13.8 Å². The number of carbonyl (C=O) groups is 1. The van der Waals surface area contributed by atoms with Gasteiger partial charge in [-0.05, 0) is 71.1 Å². The fraction of sp³-hybridized carbons (Fsp3) is 0.833. The Hall–Kier alpha value is -1.19. The molecule has 3 fully saturated rings. The van der Waals surface area contributed by atoms with Crippen LogP contribution < -0.4 is 5.32 Å². The van der Waals surface area contributed by atoms with Gasteiger partial charge in [0.1, 0.15) is 0 Å². The van der Waals surface area contributed by atoms with Crippen LogP contribution >= 0.6 is 11.3 Å². The zero-order valence-electron chi connectivity index (χ0n) is 20.3. The largest absolute Gasteiger partial charge is 0.324 e. The molecule has 2 heterocycles. The van der Waals surface area contributed by atoms with Gasteiger partial charge in [0, 0.05) is 24.2 Å². The van der Waals surface area contributed by atoms with Crippen LogP contribution in [-0.4, -0.2) is 52.8 Å². The summed E-state index contributed by atoms with van der Waals surface area (Å²) in [5, 5.41) is 3.35. The molecule has 1 aromatic heterocycles. The number of anilines is 1. The number of rotatable bonds is 5. The van der Waals surface area contributed by atoms with Gasteiger partial charge in [-0.3, -0.25) is 5.32 Å². The molecule has 1 aromatic rings. The van der Waals surface area contributed by atoms with E-state index in [-0.39, 0.29) is 34.4 Å². The number of urea groups is 1. The number of carbonyl (C=O) groups excluding carboxylic acids is 1. The Morgan fingerprint density at radius 2 is 1.55 bits per heavy atom. The molecule has 0 bridgehead atoms. The van der Waals surface area contributed by atoms with Gasteiger partial charge in [0.25, 0.3) is 10.0 Å². The van der Waals surface area contributed by atoms with Crippen molar-refractivity contribution in [1.82, 2.24) is 14.2 Å². The number of piperidine rings is 1. The van der Waals surface area contributed by atoms with Crippen molar-refractivity contribution in [3.05, 3.63) is 6.20 Å². The predicted octanol–water partition coefficient (Wildman–Crippen LogP) is 5.84. The normalized spacial score (nSPS) is 30.2. The predicted molar refractivity (Wildman–Crippen MR) is 133 cm³/mol. The molecule has 0 aromatic carbocycles. The molecule has 1 N–H and O–H groups in total. The molecular formula is C24H40N4O3S2. The standard InChI is InChI=1S/C24H40N4O3S2/c1-17-12-14-21(15-13-17)27(20-10-5-4-6-11-20)24(29)26-23-25-16-22(32-23)33(30,31)28-18(2)8-7-9-19(28)3/h16-21H,4-15H2,1-3H3,(H,25,26,29)/t17?,18-,19+,21?. The zero-order valence-corrected chi connectivity index (χ0v) is 22.0. The van der Waals surface area contributed by atoms with Gasteiger partial charge in [-0.1, -0.05) is 43.9 Å². The molecule has 1 saturated heterocycles. The second-order valence-corrected chi connectivity index (χ2v) is 13.6. The van der Waals surface area contributed by atoms with Crippen LogP contribution in [0.15, 0.2) is 10.4 Å². The minimum Gasteiger partial charge on any atom is -0.319 e. The van der Waals surface area contributed by atoms with Crippen LogP contribution in [0.4, 0.5) is 9.93 Å². The number of sulfonamides is 1. The molecule has 4 rings (SSSR count). The minimum atomic E-state index is -3.62. The molecule has 7 nitrogen and oxygen atoms in total. The van der Waals surface area contributed by atoms with Crippen molar-refractivity contribution in [3.8, 4) is 0 Å². The highest BCUT2D eigenvalue weighted by Crippen LogP contribution is 2.35. The first-order valence-corrected chi connectivity index (χ1v) is 15.1. The molecular weight excluding hydrogens is 456 g/mol. The summed E-state index contributed by atoms with van der Waals surface area (Å²) in [5.41, 5.74) is 0. The molecule has 9 heteroatoms. The van der Waals surface area contributed by atoms with Crippen LogP contribution in [-0.2, 0) is 10.0 Å². The van der Waals surface area contributed by atoms with Gasteiger partial charge in [0.2, 0.25) is 0 Å². The minimum absolute atomic E-state index is 0.0191. The lowest BCUT2D eigenvalue weighted by Gasteiger charge is -2.42. The van der Waals surface area contributed by atoms with Crippen molar-refractivity contribution < 1.29 is 13.2 Å². The highest BCUT2D eigenvalue weighted by molar-refractivity contribution is 7.91. The number of aromatic nitrogens is 1. The maximum absolute atomic E-state index is 13.5. The Kier molecular flexibility index (Phi) is 8.01. The summed E-state index contributed by atoms with van der Waals surface area (Å²) in [6.45, 7) is 6.25. The first kappa shape index (κ1) is 24.9. The molecule has 0 unspecified atom stereocenters. The number of nitrogens with zero attached hydrogens (tertiary/aromatic N) is 3. The highest BCUT2D eigenvalue weighted by atomic mass is 32.2. The summed E-state index contributed by atoms with van der Waals surface area (Å²) >= 11 is 1.08. The van der Waals surface area contributed by atoms with E-state index in [2.05, 4.69) is 22.1 Å². The van der Waals surface area contributed by atoms with Crippen molar-refractivity contribution in [3.63, 3.8) is 0 Å². The van der Waals surface area contributed by atoms with Crippen molar-refractivity contribution in [2.24, 2.45) is 5.92 Å². The first-order chi connectivity index (χ1) is 15.8. The van der Waals surface area contributed by atoms with Crippen molar-refractivity contribution in [2.75, 3.05) is 5.32 Å². The van der Waals surface area contributed by atoms with E-state index in [9.17, 15) is 13.2 Å². The van der Waals surface area contributed by atoms with Crippen molar-refractivity contribution >= 4 is 32.5 Å². The summed E-state index contributed by atoms with van der Waals surface area (Å²) in [7, 11) is -3.62. The summed E-state index contributed by atoms with van der Waals surface area (Å²) in [4.78, 5) is 19.9. The van der Waals surface area contributed by atoms with Crippen molar-refractivity contribution in [2.45, 2.75) is 126 Å². The van der Waals surface area contributed by atoms with Gasteiger partial charge in [0.05, 0.1) is 6.20 Å². The summed E-state index contributed by atoms with van der Waals surface area (Å²) in [6, 6.07) is 0.390. The molecule has 2 amide bonds. The average Bonchev–Trinajstić information content (AvgIpc) is 3.25. The lowest BCUT2D eigenvalue weighted by atomic mass is 9.84. The van der Waals surface area contributed by atoms with Crippen molar-refractivity contribution in [1.29, 1.82) is 0 Å². The lowest BCUT2D eigenvalue weighted by molar-refractivity contribution is 0.105. The van der Waals surface area contributed by atoms with Gasteiger partial charge in [-0.25, -0.2) is 18.2 Å². The van der Waals surface area contributed by atoms with Gasteiger partial charge in [0.15, 0.2) is 9.34 Å². The second kappa shape index (κ2) is 10.6. The topological polar surface area (TPSA) is 82.6 Å². The number of hydrogen-bond donors (Lipinski definition) is 1. The third kappa shape index (κ3) is 5.56. The van der Waals surface area contributed by atoms with E-state index >= 15 is 0 Å². The fourth-order valence-electron chi connectivity index (χ4n) is 6.08. The van der Waals surface area contributed by atoms with Crippen LogP contribution in [0.3, 0.4) is 0 Å². The van der Waals surface area contributed by atoms with Gasteiger partial charge in [-0.15, -0.1) is 0 Å². The smallest absolute Gasteiger partial charge is 0.319 e. The molecule has 0 radical (unpaired) electrons. The Bertz CT molecular complexity index is 895. The first-order valence-electron chi connectivity index (χ1n) is 12.9. The van der Waals surface area contributed by atoms with E-state index in [0.717, 1.165) is 75.0 Å². The molecule has 2 atom stereocenters. The Labute approximate surface area is 203 Å². The van der Waals surface area contributed by atoms with Crippen LogP contribution in [0, 0.1) is 5.92 Å². The monoisotopic (exact) mass is 496 g/mol. The quantitative estimate of drug-likeness (QED) is 0.555. The fourth-order valence-corrected chi connectivity index (χ4v) is 9.09. The molecule has 1 aliphatic heterocycles. The summed E-state index contributed by atoms with van der Waals surface area (Å²) in [6.07, 6.45) is 14.3. The van der Waals surface area contributed by atoms with E-state index in [1.165, 1.54) is 25.5 Å². The average molecular weight is 497 g/mol. The lowest BCUT2D eigenvalue weighted by Crippen LogP contribution is -2.51. The van der Waals surface area contributed by atoms with E-state index in [1.54, 1.807) is 4.31 Å². The van der Waals surface area contributed by atoms with E-state index < -0.39 is 10.0 Å². The Morgan fingerprint density at radius 1 is 0.939 bits per heavy atom. The van der Waals surface area contributed by atoms with E-state index in [0.29, 0.717) is 5.13 Å². The number of hydrogen-bond acceptors (Lipinski definition) is 5. The van der Waals surface area contributed by atoms with Gasteiger partial charge in [-0.2, -0.15) is 4.31 Å². The zero-order chi connectivity index (χ0) is 23.6. The molecule has 0 spiro atoms. The van der Waals surface area contributed by atoms with Crippen LogP contribution in [0.2, 0.25) is 0 Å². The third-order valence-electron chi connectivity index (χ3n) is 7.92. The van der Waals surface area contributed by atoms with Crippen LogP contribution in [0.25, 0.3) is 0 Å². The molecule has 33 heavy (non-hydrogen) atoms. The van der Waals surface area contributed by atoms with Gasteiger partial charge < -0.3 is 4.90 Å². The van der Waals surface area contributed by atoms with Gasteiger partial charge >= 0.3 is 6.03 Å². The highest BCUT2D eigenvalue weighted by Gasteiger charge is 2.38. The SMILES string of the molecule is CC1CCC(N(C(=O)Nc2ncc(S(=O)(=O)N3[C@H](C)CCC[C@@H]3C)s2)C2CCCCC2)CC1. The Morgan fingerprint density at radius 3 is 2.18 bits per heavy atom. The number of amides is 2. The Balaban J connectivity index is 1.49. The number of thiazole rings is 1.